The largest absolute Gasteiger partial charge is 0.518 e. The third-order valence-corrected chi connectivity index (χ3v) is 19.2. The van der Waals surface area contributed by atoms with Crippen molar-refractivity contribution in [1.29, 1.82) is 0 Å². The van der Waals surface area contributed by atoms with Gasteiger partial charge >= 0.3 is 5.97 Å². The Balaban J connectivity index is 1.96. The average Bonchev–Trinajstić information content (AvgIpc) is 2.85. The standard InChI is InChI=1S/C35H56N2O4Si2/c1-25(36-26(2)38)29-17-16-28-15-14-27(24-30(28)37-29)18-19-35(31(39)40-42(10,11)32(3,4)5)22-20-34(9,21-23-35)41-43(12,13)33(6,7)8/h14-19,24-25H,20-23H2,1-13H3,(H,36,38)/b19-18+/t25-,34?,35?/m1/s1. The number of carbonyl (C=O) groups is 2. The molecule has 6 nitrogen and oxygen atoms in total. The molecule has 3 rings (SSSR count). The minimum Gasteiger partial charge on any atom is -0.518 e. The SMILES string of the molecule is CC(=O)N[C@H](C)c1ccc2ccc(/C=C/C3(C(=O)O[Si](C)(C)C(C)(C)C)CCC(C)(O[Si](C)(C)C(C)(C)C)CC3)cc2n1. The van der Waals surface area contributed by atoms with E-state index in [0.29, 0.717) is 12.8 Å². The van der Waals surface area contributed by atoms with Gasteiger partial charge in [0, 0.05) is 12.3 Å². The van der Waals surface area contributed by atoms with Gasteiger partial charge in [0.2, 0.25) is 5.91 Å². The normalized spacial score (nSPS) is 22.9. The summed E-state index contributed by atoms with van der Waals surface area (Å²) in [5.41, 5.74) is 1.68. The Morgan fingerprint density at radius 2 is 1.49 bits per heavy atom. The molecule has 43 heavy (non-hydrogen) atoms. The second-order valence-corrected chi connectivity index (χ2v) is 25.5. The first-order valence-corrected chi connectivity index (χ1v) is 21.6. The molecule has 1 heterocycles. The van der Waals surface area contributed by atoms with Crippen molar-refractivity contribution in [2.24, 2.45) is 5.41 Å². The molecule has 0 aliphatic heterocycles. The van der Waals surface area contributed by atoms with Crippen molar-refractivity contribution >= 4 is 45.5 Å². The Morgan fingerprint density at radius 1 is 0.930 bits per heavy atom. The molecule has 1 atom stereocenters. The van der Waals surface area contributed by atoms with E-state index in [1.54, 1.807) is 0 Å². The number of amides is 1. The summed E-state index contributed by atoms with van der Waals surface area (Å²) in [5, 5.41) is 3.99. The number of hydrogen-bond donors (Lipinski definition) is 1. The summed E-state index contributed by atoms with van der Waals surface area (Å²) in [4.78, 5) is 30.6. The molecule has 1 fully saturated rings. The van der Waals surface area contributed by atoms with Gasteiger partial charge in [-0.25, -0.2) is 0 Å². The van der Waals surface area contributed by atoms with E-state index < -0.39 is 22.0 Å². The predicted octanol–water partition coefficient (Wildman–Crippen LogP) is 9.33. The average molecular weight is 625 g/mol. The maximum Gasteiger partial charge on any atom is 0.302 e. The number of nitrogens with one attached hydrogen (secondary N) is 1. The summed E-state index contributed by atoms with van der Waals surface area (Å²) in [6.45, 7) is 27.9. The highest BCUT2D eigenvalue weighted by molar-refractivity contribution is 6.75. The molecule has 1 N–H and O–H groups in total. The fourth-order valence-electron chi connectivity index (χ4n) is 5.15. The molecule has 8 heteroatoms. The Bertz CT molecular complexity index is 1360. The van der Waals surface area contributed by atoms with Crippen LogP contribution in [0.25, 0.3) is 17.0 Å². The Morgan fingerprint density at radius 3 is 2.02 bits per heavy atom. The van der Waals surface area contributed by atoms with Crippen LogP contribution in [0.3, 0.4) is 0 Å². The molecule has 238 valence electrons. The van der Waals surface area contributed by atoms with Crippen LogP contribution in [0.4, 0.5) is 0 Å². The number of pyridine rings is 1. The maximum atomic E-state index is 14.2. The van der Waals surface area contributed by atoms with Crippen LogP contribution >= 0.6 is 0 Å². The molecule has 0 spiro atoms. The first-order valence-electron chi connectivity index (χ1n) is 15.8. The highest BCUT2D eigenvalue weighted by atomic mass is 28.4. The Labute approximate surface area is 262 Å². The number of aromatic nitrogens is 1. The van der Waals surface area contributed by atoms with Gasteiger partial charge in [-0.1, -0.05) is 71.9 Å². The first-order chi connectivity index (χ1) is 19.5. The summed E-state index contributed by atoms with van der Waals surface area (Å²) in [6, 6.07) is 9.98. The van der Waals surface area contributed by atoms with Gasteiger partial charge in [-0.15, -0.1) is 0 Å². The predicted molar refractivity (Wildman–Crippen MR) is 184 cm³/mol. The number of carbonyl (C=O) groups excluding carboxylic acids is 2. The second-order valence-electron chi connectivity index (χ2n) is 16.1. The lowest BCUT2D eigenvalue weighted by molar-refractivity contribution is -0.148. The van der Waals surface area contributed by atoms with Crippen LogP contribution in [0.2, 0.25) is 36.3 Å². The quantitative estimate of drug-likeness (QED) is 0.296. The fourth-order valence-corrected chi connectivity index (χ4v) is 7.87. The summed E-state index contributed by atoms with van der Waals surface area (Å²) in [6.07, 6.45) is 7.15. The number of fused-ring (bicyclic) bond motifs is 1. The highest BCUT2D eigenvalue weighted by Gasteiger charge is 2.51. The molecule has 0 saturated heterocycles. The van der Waals surface area contributed by atoms with Gasteiger partial charge in [-0.05, 0) is 93.5 Å². The van der Waals surface area contributed by atoms with E-state index in [4.69, 9.17) is 13.8 Å². The van der Waals surface area contributed by atoms with Crippen molar-refractivity contribution in [3.63, 3.8) is 0 Å². The molecule has 1 aromatic carbocycles. The topological polar surface area (TPSA) is 77.5 Å². The molecule has 1 amide bonds. The lowest BCUT2D eigenvalue weighted by atomic mass is 9.69. The molecule has 1 aliphatic rings. The minimum atomic E-state index is -2.32. The van der Waals surface area contributed by atoms with Crippen LogP contribution in [0.1, 0.15) is 105 Å². The number of nitrogens with zero attached hydrogens (tertiary/aromatic N) is 1. The molecule has 1 aliphatic carbocycles. The number of rotatable bonds is 8. The molecular weight excluding hydrogens is 569 g/mol. The molecule has 1 aromatic heterocycles. The molecule has 2 aromatic rings. The van der Waals surface area contributed by atoms with E-state index in [1.807, 2.05) is 19.1 Å². The summed E-state index contributed by atoms with van der Waals surface area (Å²) in [5.74, 6) is -0.186. The van der Waals surface area contributed by atoms with E-state index in [1.165, 1.54) is 6.92 Å². The van der Waals surface area contributed by atoms with Crippen LogP contribution in [-0.2, 0) is 18.4 Å². The third kappa shape index (κ3) is 8.25. The second kappa shape index (κ2) is 12.2. The van der Waals surface area contributed by atoms with Gasteiger partial charge in [0.25, 0.3) is 8.32 Å². The van der Waals surface area contributed by atoms with Crippen molar-refractivity contribution in [3.8, 4) is 0 Å². The first kappa shape index (κ1) is 35.2. The molecular formula is C35H56N2O4Si2. The van der Waals surface area contributed by atoms with Gasteiger partial charge in [-0.3, -0.25) is 14.6 Å². The maximum absolute atomic E-state index is 14.2. The van der Waals surface area contributed by atoms with E-state index in [2.05, 4.69) is 110 Å². The van der Waals surface area contributed by atoms with Crippen molar-refractivity contribution in [2.75, 3.05) is 0 Å². The van der Waals surface area contributed by atoms with E-state index >= 15 is 0 Å². The van der Waals surface area contributed by atoms with E-state index in [9.17, 15) is 9.59 Å². The molecule has 0 unspecified atom stereocenters. The Hall–Kier alpha value is -2.30. The van der Waals surface area contributed by atoms with Crippen LogP contribution in [-0.4, -0.2) is 39.1 Å². The highest BCUT2D eigenvalue weighted by Crippen LogP contribution is 2.49. The third-order valence-electron chi connectivity index (χ3n) is 10.3. The van der Waals surface area contributed by atoms with Gasteiger partial charge in [0.1, 0.15) is 0 Å². The number of hydrogen-bond acceptors (Lipinski definition) is 5. The Kier molecular flexibility index (Phi) is 10.0. The zero-order valence-corrected chi connectivity index (χ0v) is 31.0. The smallest absolute Gasteiger partial charge is 0.302 e. The van der Waals surface area contributed by atoms with Crippen molar-refractivity contribution in [1.82, 2.24) is 10.3 Å². The van der Waals surface area contributed by atoms with Crippen molar-refractivity contribution in [3.05, 3.63) is 47.7 Å². The zero-order valence-electron chi connectivity index (χ0n) is 29.0. The molecule has 0 radical (unpaired) electrons. The summed E-state index contributed by atoms with van der Waals surface area (Å²) in [7, 11) is -4.30. The molecule has 1 saturated carbocycles. The monoisotopic (exact) mass is 624 g/mol. The lowest BCUT2D eigenvalue weighted by Crippen LogP contribution is -2.53. The summed E-state index contributed by atoms with van der Waals surface area (Å²) >= 11 is 0. The number of benzene rings is 1. The van der Waals surface area contributed by atoms with Gasteiger partial charge in [0.15, 0.2) is 8.32 Å². The van der Waals surface area contributed by atoms with E-state index in [0.717, 1.165) is 35.0 Å². The van der Waals surface area contributed by atoms with Crippen LogP contribution in [0, 0.1) is 5.41 Å². The van der Waals surface area contributed by atoms with Crippen molar-refractivity contribution < 1.29 is 18.4 Å². The van der Waals surface area contributed by atoms with Gasteiger partial charge < -0.3 is 14.2 Å². The van der Waals surface area contributed by atoms with Crippen LogP contribution in [0.5, 0.6) is 0 Å². The molecule has 0 bridgehead atoms. The van der Waals surface area contributed by atoms with Crippen molar-refractivity contribution in [2.45, 2.75) is 136 Å². The van der Waals surface area contributed by atoms with Gasteiger partial charge in [0.05, 0.1) is 28.3 Å². The van der Waals surface area contributed by atoms with Gasteiger partial charge in [-0.2, -0.15) is 0 Å². The van der Waals surface area contributed by atoms with Crippen LogP contribution < -0.4 is 5.32 Å². The fraction of sp³-hybridized carbons (Fsp3) is 0.629. The minimum absolute atomic E-state index is 0.0711. The van der Waals surface area contributed by atoms with Crippen LogP contribution in [0.15, 0.2) is 36.4 Å². The lowest BCUT2D eigenvalue weighted by Gasteiger charge is -2.49. The summed E-state index contributed by atoms with van der Waals surface area (Å²) < 4.78 is 13.4. The van der Waals surface area contributed by atoms with E-state index in [-0.39, 0.29) is 33.6 Å². The zero-order chi connectivity index (χ0) is 32.6.